The van der Waals surface area contributed by atoms with Crippen molar-refractivity contribution in [3.8, 4) is 0 Å². The van der Waals surface area contributed by atoms with Crippen LogP contribution in [0.3, 0.4) is 0 Å². The molecule has 4 heteroatoms. The largest absolute Gasteiger partial charge is 0.381 e. The molecular formula is C17H32N2O2. The van der Waals surface area contributed by atoms with Crippen molar-refractivity contribution in [2.24, 2.45) is 28.9 Å². The van der Waals surface area contributed by atoms with E-state index in [-0.39, 0.29) is 5.91 Å². The summed E-state index contributed by atoms with van der Waals surface area (Å²) >= 11 is 0. The molecule has 2 aliphatic rings. The average molecular weight is 296 g/mol. The van der Waals surface area contributed by atoms with Crippen LogP contribution in [0.15, 0.2) is 0 Å². The Morgan fingerprint density at radius 3 is 2.57 bits per heavy atom. The van der Waals surface area contributed by atoms with Gasteiger partial charge in [-0.05, 0) is 43.4 Å². The second kappa shape index (κ2) is 7.10. The zero-order chi connectivity index (χ0) is 15.5. The van der Waals surface area contributed by atoms with Gasteiger partial charge in [0.05, 0.1) is 5.41 Å². The predicted molar refractivity (Wildman–Crippen MR) is 84.8 cm³/mol. The summed E-state index contributed by atoms with van der Waals surface area (Å²) < 4.78 is 5.41. The maximum absolute atomic E-state index is 12.8. The Balaban J connectivity index is 2.04. The van der Waals surface area contributed by atoms with E-state index < -0.39 is 5.41 Å². The van der Waals surface area contributed by atoms with E-state index in [1.165, 1.54) is 12.8 Å². The SMILES string of the molecule is CC1CCC(C(C)C)C(NC(=O)C2(CN)CCOCC2)C1. The smallest absolute Gasteiger partial charge is 0.227 e. The Hall–Kier alpha value is -0.610. The molecule has 0 aromatic heterocycles. The molecule has 1 aliphatic carbocycles. The minimum Gasteiger partial charge on any atom is -0.381 e. The molecule has 0 radical (unpaired) electrons. The number of hydrogen-bond acceptors (Lipinski definition) is 3. The van der Waals surface area contributed by atoms with Crippen LogP contribution in [0.4, 0.5) is 0 Å². The molecule has 3 unspecified atom stereocenters. The van der Waals surface area contributed by atoms with Gasteiger partial charge in [-0.15, -0.1) is 0 Å². The molecule has 1 amide bonds. The molecule has 0 bridgehead atoms. The molecule has 0 spiro atoms. The number of hydrogen-bond donors (Lipinski definition) is 2. The molecular weight excluding hydrogens is 264 g/mol. The van der Waals surface area contributed by atoms with Gasteiger partial charge in [0.2, 0.25) is 5.91 Å². The van der Waals surface area contributed by atoms with E-state index in [0.717, 1.165) is 19.3 Å². The first-order valence-corrected chi connectivity index (χ1v) is 8.57. The van der Waals surface area contributed by atoms with Crippen molar-refractivity contribution in [3.63, 3.8) is 0 Å². The summed E-state index contributed by atoms with van der Waals surface area (Å²) in [6.07, 6.45) is 5.12. The van der Waals surface area contributed by atoms with Crippen LogP contribution in [-0.2, 0) is 9.53 Å². The third-order valence-electron chi connectivity index (χ3n) is 5.66. The van der Waals surface area contributed by atoms with E-state index in [0.29, 0.717) is 43.6 Å². The molecule has 2 rings (SSSR count). The van der Waals surface area contributed by atoms with Crippen LogP contribution in [0.1, 0.15) is 52.9 Å². The first-order chi connectivity index (χ1) is 9.98. The average Bonchev–Trinajstić information content (AvgIpc) is 2.47. The second-order valence-electron chi connectivity index (χ2n) is 7.50. The van der Waals surface area contributed by atoms with Crippen LogP contribution >= 0.6 is 0 Å². The van der Waals surface area contributed by atoms with Gasteiger partial charge in [-0.1, -0.05) is 27.2 Å². The number of ether oxygens (including phenoxy) is 1. The fraction of sp³-hybridized carbons (Fsp3) is 0.941. The van der Waals surface area contributed by atoms with Gasteiger partial charge in [0.25, 0.3) is 0 Å². The Bertz CT molecular complexity index is 351. The van der Waals surface area contributed by atoms with Crippen LogP contribution in [-0.4, -0.2) is 31.7 Å². The van der Waals surface area contributed by atoms with E-state index in [9.17, 15) is 4.79 Å². The molecule has 122 valence electrons. The zero-order valence-electron chi connectivity index (χ0n) is 13.9. The van der Waals surface area contributed by atoms with E-state index in [2.05, 4.69) is 26.1 Å². The second-order valence-corrected chi connectivity index (χ2v) is 7.50. The van der Waals surface area contributed by atoms with Crippen molar-refractivity contribution in [2.75, 3.05) is 19.8 Å². The predicted octanol–water partition coefficient (Wildman–Crippen LogP) is 2.32. The summed E-state index contributed by atoms with van der Waals surface area (Å²) in [6, 6.07) is 0.313. The van der Waals surface area contributed by atoms with Crippen LogP contribution in [0, 0.1) is 23.2 Å². The quantitative estimate of drug-likeness (QED) is 0.837. The van der Waals surface area contributed by atoms with Crippen molar-refractivity contribution in [3.05, 3.63) is 0 Å². The van der Waals surface area contributed by atoms with Crippen LogP contribution in [0.25, 0.3) is 0 Å². The minimum absolute atomic E-state index is 0.165. The third kappa shape index (κ3) is 3.78. The molecule has 1 saturated carbocycles. The summed E-state index contributed by atoms with van der Waals surface area (Å²) in [4.78, 5) is 12.8. The molecule has 3 N–H and O–H groups in total. The molecule has 4 nitrogen and oxygen atoms in total. The van der Waals surface area contributed by atoms with Gasteiger partial charge < -0.3 is 15.8 Å². The Morgan fingerprint density at radius 1 is 1.33 bits per heavy atom. The van der Waals surface area contributed by atoms with Crippen LogP contribution < -0.4 is 11.1 Å². The Morgan fingerprint density at radius 2 is 2.00 bits per heavy atom. The van der Waals surface area contributed by atoms with Crippen molar-refractivity contribution in [2.45, 2.75) is 58.9 Å². The van der Waals surface area contributed by atoms with Crippen LogP contribution in [0.2, 0.25) is 0 Å². The molecule has 0 aromatic rings. The first kappa shape index (κ1) is 16.8. The number of rotatable bonds is 4. The summed E-state index contributed by atoms with van der Waals surface area (Å²) in [5.74, 6) is 2.08. The number of nitrogens with two attached hydrogens (primary N) is 1. The highest BCUT2D eigenvalue weighted by atomic mass is 16.5. The summed E-state index contributed by atoms with van der Waals surface area (Å²) in [7, 11) is 0. The minimum atomic E-state index is -0.402. The number of amides is 1. The zero-order valence-corrected chi connectivity index (χ0v) is 13.9. The molecule has 1 aliphatic heterocycles. The van der Waals surface area contributed by atoms with E-state index >= 15 is 0 Å². The monoisotopic (exact) mass is 296 g/mol. The van der Waals surface area contributed by atoms with Gasteiger partial charge >= 0.3 is 0 Å². The lowest BCUT2D eigenvalue weighted by atomic mass is 9.73. The van der Waals surface area contributed by atoms with Gasteiger partial charge in [-0.25, -0.2) is 0 Å². The van der Waals surface area contributed by atoms with Gasteiger partial charge in [0.1, 0.15) is 0 Å². The van der Waals surface area contributed by atoms with Gasteiger partial charge in [0, 0.05) is 25.8 Å². The molecule has 1 saturated heterocycles. The summed E-state index contributed by atoms with van der Waals surface area (Å²) in [6.45, 7) is 8.57. The number of carbonyl (C=O) groups is 1. The van der Waals surface area contributed by atoms with Gasteiger partial charge in [0.15, 0.2) is 0 Å². The van der Waals surface area contributed by atoms with Gasteiger partial charge in [-0.3, -0.25) is 4.79 Å². The van der Waals surface area contributed by atoms with Crippen molar-refractivity contribution in [1.82, 2.24) is 5.32 Å². The molecule has 3 atom stereocenters. The fourth-order valence-corrected chi connectivity index (χ4v) is 3.98. The normalized spacial score (nSPS) is 32.9. The van der Waals surface area contributed by atoms with Crippen molar-refractivity contribution < 1.29 is 9.53 Å². The summed E-state index contributed by atoms with van der Waals surface area (Å²) in [5.41, 5.74) is 5.55. The fourth-order valence-electron chi connectivity index (χ4n) is 3.98. The molecule has 1 heterocycles. The molecule has 0 aromatic carbocycles. The topological polar surface area (TPSA) is 64.4 Å². The highest BCUT2D eigenvalue weighted by Crippen LogP contribution is 2.35. The Kier molecular flexibility index (Phi) is 5.67. The maximum Gasteiger partial charge on any atom is 0.227 e. The Labute approximate surface area is 129 Å². The van der Waals surface area contributed by atoms with E-state index in [1.807, 2.05) is 0 Å². The first-order valence-electron chi connectivity index (χ1n) is 8.57. The highest BCUT2D eigenvalue weighted by Gasteiger charge is 2.41. The molecule has 2 fully saturated rings. The number of carbonyl (C=O) groups excluding carboxylic acids is 1. The highest BCUT2D eigenvalue weighted by molar-refractivity contribution is 5.83. The van der Waals surface area contributed by atoms with Gasteiger partial charge in [-0.2, -0.15) is 0 Å². The lowest BCUT2D eigenvalue weighted by Gasteiger charge is -2.41. The van der Waals surface area contributed by atoms with E-state index in [1.54, 1.807) is 0 Å². The standard InChI is InChI=1S/C17H32N2O2/c1-12(2)14-5-4-13(3)10-15(14)19-16(20)17(11-18)6-8-21-9-7-17/h12-15H,4-11,18H2,1-3H3,(H,19,20). The lowest BCUT2D eigenvalue weighted by Crippen LogP contribution is -2.54. The van der Waals surface area contributed by atoms with E-state index in [4.69, 9.17) is 10.5 Å². The van der Waals surface area contributed by atoms with Crippen LogP contribution in [0.5, 0.6) is 0 Å². The summed E-state index contributed by atoms with van der Waals surface area (Å²) in [5, 5.41) is 3.37. The van der Waals surface area contributed by atoms with Crippen molar-refractivity contribution in [1.29, 1.82) is 0 Å². The number of nitrogens with one attached hydrogen (secondary N) is 1. The molecule has 21 heavy (non-hydrogen) atoms. The third-order valence-corrected chi connectivity index (χ3v) is 5.66. The lowest BCUT2D eigenvalue weighted by molar-refractivity contribution is -0.137. The maximum atomic E-state index is 12.8. The van der Waals surface area contributed by atoms with Crippen molar-refractivity contribution >= 4 is 5.91 Å².